The lowest BCUT2D eigenvalue weighted by atomic mass is 10.1. The van der Waals surface area contributed by atoms with E-state index in [9.17, 15) is 8.42 Å². The molecule has 0 radical (unpaired) electrons. The third kappa shape index (κ3) is 6.54. The highest BCUT2D eigenvalue weighted by atomic mass is 35.5. The van der Waals surface area contributed by atoms with Gasteiger partial charge in [0.2, 0.25) is 10.0 Å². The van der Waals surface area contributed by atoms with Gasteiger partial charge in [-0.2, -0.15) is 4.31 Å². The van der Waals surface area contributed by atoms with E-state index in [0.717, 1.165) is 29.8 Å². The minimum absolute atomic E-state index is 0.0529. The number of hydrogen-bond donors (Lipinski definition) is 3. The fourth-order valence-corrected chi connectivity index (χ4v) is 5.32. The second-order valence-corrected chi connectivity index (χ2v) is 10.3. The highest BCUT2D eigenvalue weighted by molar-refractivity contribution is 7.89. The molecule has 0 aliphatic carbocycles. The number of amidine groups is 1. The standard InChI is InChI=1S/C22H23ClN4O2S.C2H4O2/c23-20-7-5-19-14-21(8-6-18(19)13-20)30(28,29)27-11-9-26(10-12-27)15-16-1-3-17(4-2-16)22(24)25;1-2(3)4/h1-8,13-14H,9-12,15H2,(H3,24,25);1H3,(H,3,4). The number of nitrogens with two attached hydrogens (primary N) is 1. The molecule has 0 atom stereocenters. The van der Waals surface area contributed by atoms with Crippen molar-refractivity contribution in [2.24, 2.45) is 5.73 Å². The number of nitrogens with one attached hydrogen (secondary N) is 1. The van der Waals surface area contributed by atoms with E-state index >= 15 is 0 Å². The second kappa shape index (κ2) is 11.0. The van der Waals surface area contributed by atoms with Gasteiger partial charge in [-0.15, -0.1) is 0 Å². The summed E-state index contributed by atoms with van der Waals surface area (Å²) in [5.41, 5.74) is 7.31. The van der Waals surface area contributed by atoms with Crippen LogP contribution in [0.1, 0.15) is 18.1 Å². The van der Waals surface area contributed by atoms with Crippen LogP contribution < -0.4 is 5.73 Å². The van der Waals surface area contributed by atoms with Crippen molar-refractivity contribution in [1.29, 1.82) is 5.41 Å². The lowest BCUT2D eigenvalue weighted by Gasteiger charge is -2.34. The zero-order valence-electron chi connectivity index (χ0n) is 18.7. The van der Waals surface area contributed by atoms with E-state index < -0.39 is 16.0 Å². The Kier molecular flexibility index (Phi) is 8.27. The average Bonchev–Trinajstić information content (AvgIpc) is 2.79. The number of benzene rings is 3. The summed E-state index contributed by atoms with van der Waals surface area (Å²) < 4.78 is 27.8. The molecule has 0 unspecified atom stereocenters. The fourth-order valence-electron chi connectivity index (χ4n) is 3.68. The average molecular weight is 503 g/mol. The van der Waals surface area contributed by atoms with Gasteiger partial charge >= 0.3 is 0 Å². The Hall–Kier alpha value is -2.98. The normalized spacial score (nSPS) is 14.9. The topological polar surface area (TPSA) is 128 Å². The molecule has 1 saturated heterocycles. The molecule has 1 fully saturated rings. The largest absolute Gasteiger partial charge is 0.481 e. The Bertz CT molecular complexity index is 1280. The van der Waals surface area contributed by atoms with E-state index in [1.165, 1.54) is 0 Å². The summed E-state index contributed by atoms with van der Waals surface area (Å²) in [6.07, 6.45) is 0. The molecule has 4 rings (SSSR count). The molecule has 1 aliphatic heterocycles. The third-order valence-electron chi connectivity index (χ3n) is 5.41. The van der Waals surface area contributed by atoms with E-state index in [1.54, 1.807) is 28.6 Å². The van der Waals surface area contributed by atoms with Gasteiger partial charge in [0.25, 0.3) is 5.97 Å². The van der Waals surface area contributed by atoms with E-state index in [-0.39, 0.29) is 5.84 Å². The summed E-state index contributed by atoms with van der Waals surface area (Å²) in [7, 11) is -3.54. The maximum atomic E-state index is 13.1. The fraction of sp³-hybridized carbons (Fsp3) is 0.250. The molecule has 3 aromatic rings. The van der Waals surface area contributed by atoms with Gasteiger partial charge in [-0.25, -0.2) is 8.42 Å². The molecule has 0 spiro atoms. The molecular formula is C24H27ClN4O4S. The zero-order chi connectivity index (χ0) is 24.9. The molecular weight excluding hydrogens is 476 g/mol. The van der Waals surface area contributed by atoms with Crippen LogP contribution in [0.4, 0.5) is 0 Å². The molecule has 0 saturated carbocycles. The number of rotatable bonds is 5. The summed E-state index contributed by atoms with van der Waals surface area (Å²) >= 11 is 6.02. The smallest absolute Gasteiger partial charge is 0.300 e. The number of halogens is 1. The quantitative estimate of drug-likeness (QED) is 0.362. The molecule has 0 amide bonds. The molecule has 0 aromatic heterocycles. The number of fused-ring (bicyclic) bond motifs is 1. The van der Waals surface area contributed by atoms with Gasteiger partial charge < -0.3 is 10.8 Å². The van der Waals surface area contributed by atoms with E-state index in [2.05, 4.69) is 4.90 Å². The Labute approximate surface area is 204 Å². The Morgan fingerprint density at radius 1 is 1.00 bits per heavy atom. The Morgan fingerprint density at radius 3 is 2.15 bits per heavy atom. The van der Waals surface area contributed by atoms with Crippen LogP contribution in [0.2, 0.25) is 5.02 Å². The van der Waals surface area contributed by atoms with Crippen LogP contribution in [0.5, 0.6) is 0 Å². The number of carbonyl (C=O) groups is 1. The predicted molar refractivity (Wildman–Crippen MR) is 134 cm³/mol. The lowest BCUT2D eigenvalue weighted by Crippen LogP contribution is -2.48. The van der Waals surface area contributed by atoms with Gasteiger partial charge in [0.15, 0.2) is 0 Å². The predicted octanol–water partition coefficient (Wildman–Crippen LogP) is 3.37. The molecule has 180 valence electrons. The maximum absolute atomic E-state index is 13.1. The molecule has 3 aromatic carbocycles. The first kappa shape index (κ1) is 25.6. The first-order valence-corrected chi connectivity index (χ1v) is 12.4. The number of aliphatic carboxylic acids is 1. The first-order chi connectivity index (χ1) is 16.1. The van der Waals surface area contributed by atoms with Crippen LogP contribution in [-0.4, -0.2) is 60.7 Å². The number of nitrogen functional groups attached to an aromatic ring is 1. The molecule has 8 nitrogen and oxygen atoms in total. The molecule has 4 N–H and O–H groups in total. The van der Waals surface area contributed by atoms with Crippen molar-refractivity contribution in [3.8, 4) is 0 Å². The van der Waals surface area contributed by atoms with Gasteiger partial charge in [-0.1, -0.05) is 48.0 Å². The maximum Gasteiger partial charge on any atom is 0.300 e. The van der Waals surface area contributed by atoms with Gasteiger partial charge in [0.05, 0.1) is 4.90 Å². The van der Waals surface area contributed by atoms with Crippen molar-refractivity contribution in [3.05, 3.63) is 76.8 Å². The number of nitrogens with zero attached hydrogens (tertiary/aromatic N) is 2. The van der Waals surface area contributed by atoms with E-state index in [1.807, 2.05) is 36.4 Å². The van der Waals surface area contributed by atoms with Crippen LogP contribution in [0.25, 0.3) is 10.8 Å². The minimum atomic E-state index is -3.54. The molecule has 1 aliphatic rings. The van der Waals surface area contributed by atoms with Crippen molar-refractivity contribution in [2.75, 3.05) is 26.2 Å². The van der Waals surface area contributed by atoms with Gasteiger partial charge in [0, 0.05) is 50.2 Å². The van der Waals surface area contributed by atoms with Crippen molar-refractivity contribution in [3.63, 3.8) is 0 Å². The first-order valence-electron chi connectivity index (χ1n) is 10.6. The van der Waals surface area contributed by atoms with Crippen molar-refractivity contribution in [1.82, 2.24) is 9.21 Å². The second-order valence-electron chi connectivity index (χ2n) is 7.96. The lowest BCUT2D eigenvalue weighted by molar-refractivity contribution is -0.134. The highest BCUT2D eigenvalue weighted by Gasteiger charge is 2.28. The molecule has 0 bridgehead atoms. The van der Waals surface area contributed by atoms with E-state index in [4.69, 9.17) is 32.6 Å². The van der Waals surface area contributed by atoms with Gasteiger partial charge in [0.1, 0.15) is 5.84 Å². The monoisotopic (exact) mass is 502 g/mol. The minimum Gasteiger partial charge on any atom is -0.481 e. The molecule has 10 heteroatoms. The van der Waals surface area contributed by atoms with Crippen LogP contribution in [0.15, 0.2) is 65.6 Å². The summed E-state index contributed by atoms with van der Waals surface area (Å²) in [5, 5.41) is 17.3. The summed E-state index contributed by atoms with van der Waals surface area (Å²) in [5.74, 6) is -0.780. The number of carboxylic acids is 1. The van der Waals surface area contributed by atoms with Crippen LogP contribution in [0.3, 0.4) is 0 Å². The van der Waals surface area contributed by atoms with Crippen LogP contribution in [-0.2, 0) is 21.4 Å². The van der Waals surface area contributed by atoms with Crippen LogP contribution in [0, 0.1) is 5.41 Å². The van der Waals surface area contributed by atoms with Gasteiger partial charge in [-0.05, 0) is 40.6 Å². The number of piperazine rings is 1. The summed E-state index contributed by atoms with van der Waals surface area (Å²) in [6, 6.07) is 18.2. The Balaban J connectivity index is 0.000000751. The summed E-state index contributed by atoms with van der Waals surface area (Å²) in [6.45, 7) is 4.05. The zero-order valence-corrected chi connectivity index (χ0v) is 20.3. The Morgan fingerprint density at radius 2 is 1.56 bits per heavy atom. The van der Waals surface area contributed by atoms with Crippen LogP contribution >= 0.6 is 11.6 Å². The van der Waals surface area contributed by atoms with Crippen molar-refractivity contribution >= 4 is 44.2 Å². The van der Waals surface area contributed by atoms with Gasteiger partial charge in [-0.3, -0.25) is 15.1 Å². The van der Waals surface area contributed by atoms with Crippen molar-refractivity contribution in [2.45, 2.75) is 18.4 Å². The number of carboxylic acid groups (broad SMARTS) is 1. The van der Waals surface area contributed by atoms with Crippen molar-refractivity contribution < 1.29 is 18.3 Å². The number of hydrogen-bond acceptors (Lipinski definition) is 5. The summed E-state index contributed by atoms with van der Waals surface area (Å²) in [4.78, 5) is 11.5. The molecule has 1 heterocycles. The SMILES string of the molecule is CC(=O)O.N=C(N)c1ccc(CN2CCN(S(=O)(=O)c3ccc4cc(Cl)ccc4c3)CC2)cc1. The molecule has 34 heavy (non-hydrogen) atoms. The highest BCUT2D eigenvalue weighted by Crippen LogP contribution is 2.25. The van der Waals surface area contributed by atoms with E-state index in [0.29, 0.717) is 41.7 Å². The third-order valence-corrected chi connectivity index (χ3v) is 7.54. The number of sulfonamides is 1.